The molecule has 4 N–H and O–H groups in total. The summed E-state index contributed by atoms with van der Waals surface area (Å²) in [5, 5.41) is 2.01. The molecule has 96 valence electrons. The van der Waals surface area contributed by atoms with Crippen molar-refractivity contribution >= 4 is 15.9 Å². The Morgan fingerprint density at radius 2 is 2.00 bits per heavy atom. The van der Waals surface area contributed by atoms with Gasteiger partial charge in [0.25, 0.3) is 0 Å². The van der Waals surface area contributed by atoms with E-state index in [1.165, 1.54) is 0 Å². The van der Waals surface area contributed by atoms with Gasteiger partial charge in [0.05, 0.1) is 5.25 Å². The Hall–Kier alpha value is -0.660. The van der Waals surface area contributed by atoms with Crippen LogP contribution in [0.5, 0.6) is 0 Å². The largest absolute Gasteiger partial charge is 0.356 e. The molecule has 1 atom stereocenters. The topological polar surface area (TPSA) is 101 Å². The molecule has 1 amide bonds. The van der Waals surface area contributed by atoms with E-state index in [1.807, 2.05) is 6.92 Å². The molecule has 0 bridgehead atoms. The van der Waals surface area contributed by atoms with Crippen molar-refractivity contribution in [3.05, 3.63) is 0 Å². The van der Waals surface area contributed by atoms with E-state index in [-0.39, 0.29) is 25.4 Å². The Bertz CT molecular complexity index is 299. The summed E-state index contributed by atoms with van der Waals surface area (Å²) in [6.45, 7) is 4.33. The zero-order valence-corrected chi connectivity index (χ0v) is 10.6. The Balaban J connectivity index is 4.05. The predicted octanol–water partition coefficient (Wildman–Crippen LogP) is -0.831. The number of amides is 1. The van der Waals surface area contributed by atoms with Crippen molar-refractivity contribution in [3.8, 4) is 0 Å². The minimum atomic E-state index is -3.39. The lowest BCUT2D eigenvalue weighted by Crippen LogP contribution is -2.40. The fourth-order valence-corrected chi connectivity index (χ4v) is 2.54. The van der Waals surface area contributed by atoms with Crippen LogP contribution in [0.25, 0.3) is 0 Å². The van der Waals surface area contributed by atoms with Crippen LogP contribution in [0.3, 0.4) is 0 Å². The maximum Gasteiger partial charge on any atom is 0.221 e. The summed E-state index contributed by atoms with van der Waals surface area (Å²) < 4.78 is 25.6. The minimum absolute atomic E-state index is 0.0903. The standard InChI is InChI=1S/C9H21N3O3S/c1-3-8(7-10)16(14,15)12-6-5-9(13)11-4-2/h8,12H,3-7,10H2,1-2H3,(H,11,13). The second-order valence-corrected chi connectivity index (χ2v) is 5.45. The molecule has 0 spiro atoms. The quantitative estimate of drug-likeness (QED) is 0.524. The first kappa shape index (κ1) is 15.3. The van der Waals surface area contributed by atoms with E-state index in [1.54, 1.807) is 6.92 Å². The van der Waals surface area contributed by atoms with Crippen LogP contribution in [-0.4, -0.2) is 39.2 Å². The van der Waals surface area contributed by atoms with E-state index < -0.39 is 15.3 Å². The van der Waals surface area contributed by atoms with Gasteiger partial charge in [0.15, 0.2) is 0 Å². The molecule has 0 rings (SSSR count). The second kappa shape index (κ2) is 7.59. The van der Waals surface area contributed by atoms with E-state index >= 15 is 0 Å². The number of sulfonamides is 1. The van der Waals surface area contributed by atoms with E-state index in [0.717, 1.165) is 0 Å². The number of rotatable bonds is 8. The van der Waals surface area contributed by atoms with Gasteiger partial charge in [-0.25, -0.2) is 13.1 Å². The maximum atomic E-state index is 11.6. The fraction of sp³-hybridized carbons (Fsp3) is 0.889. The van der Waals surface area contributed by atoms with Gasteiger partial charge in [-0.1, -0.05) is 6.92 Å². The molecule has 0 aromatic carbocycles. The van der Waals surface area contributed by atoms with Gasteiger partial charge in [-0.15, -0.1) is 0 Å². The Morgan fingerprint density at radius 1 is 1.38 bits per heavy atom. The summed E-state index contributed by atoms with van der Waals surface area (Å²) in [6, 6.07) is 0. The summed E-state index contributed by atoms with van der Waals surface area (Å²) >= 11 is 0. The normalized spacial score (nSPS) is 13.4. The molecule has 0 saturated carbocycles. The summed E-state index contributed by atoms with van der Waals surface area (Å²) in [4.78, 5) is 11.1. The molecule has 7 heteroatoms. The predicted molar refractivity (Wildman–Crippen MR) is 63.4 cm³/mol. The van der Waals surface area contributed by atoms with Crippen LogP contribution in [0.15, 0.2) is 0 Å². The van der Waals surface area contributed by atoms with E-state index in [0.29, 0.717) is 13.0 Å². The highest BCUT2D eigenvalue weighted by Gasteiger charge is 2.21. The molecule has 0 aromatic rings. The number of carbonyl (C=O) groups is 1. The molecule has 0 fully saturated rings. The lowest BCUT2D eigenvalue weighted by molar-refractivity contribution is -0.120. The molecule has 1 unspecified atom stereocenters. The van der Waals surface area contributed by atoms with Crippen molar-refractivity contribution in [2.75, 3.05) is 19.6 Å². The maximum absolute atomic E-state index is 11.6. The fourth-order valence-electron chi connectivity index (χ4n) is 1.22. The van der Waals surface area contributed by atoms with Crippen LogP contribution in [0.4, 0.5) is 0 Å². The molecular formula is C9H21N3O3S. The van der Waals surface area contributed by atoms with Gasteiger partial charge in [0.1, 0.15) is 0 Å². The summed E-state index contributed by atoms with van der Waals surface area (Å²) in [7, 11) is -3.39. The number of hydrogen-bond acceptors (Lipinski definition) is 4. The summed E-state index contributed by atoms with van der Waals surface area (Å²) in [5.74, 6) is -0.161. The van der Waals surface area contributed by atoms with Crippen LogP contribution in [0.1, 0.15) is 26.7 Å². The molecule has 0 saturated heterocycles. The average Bonchev–Trinajstić information content (AvgIpc) is 2.19. The van der Waals surface area contributed by atoms with Gasteiger partial charge in [0.2, 0.25) is 15.9 Å². The minimum Gasteiger partial charge on any atom is -0.356 e. The molecule has 0 aromatic heterocycles. The first-order valence-corrected chi connectivity index (χ1v) is 6.97. The second-order valence-electron chi connectivity index (χ2n) is 3.41. The van der Waals surface area contributed by atoms with E-state index in [4.69, 9.17) is 5.73 Å². The molecular weight excluding hydrogens is 230 g/mol. The van der Waals surface area contributed by atoms with Crippen molar-refractivity contribution in [1.29, 1.82) is 0 Å². The average molecular weight is 251 g/mol. The highest BCUT2D eigenvalue weighted by molar-refractivity contribution is 7.90. The van der Waals surface area contributed by atoms with Gasteiger partial charge in [-0.05, 0) is 13.3 Å². The molecule has 0 aliphatic rings. The number of hydrogen-bond donors (Lipinski definition) is 3. The van der Waals surface area contributed by atoms with Crippen LogP contribution in [-0.2, 0) is 14.8 Å². The summed E-state index contributed by atoms with van der Waals surface area (Å²) in [6.07, 6.45) is 0.612. The molecule has 0 aliphatic heterocycles. The third kappa shape index (κ3) is 5.43. The van der Waals surface area contributed by atoms with Crippen LogP contribution < -0.4 is 15.8 Å². The Labute approximate surface area is 97.0 Å². The molecule has 0 aliphatic carbocycles. The summed E-state index contributed by atoms with van der Waals surface area (Å²) in [5.41, 5.74) is 5.35. The van der Waals surface area contributed by atoms with Gasteiger partial charge in [0, 0.05) is 26.1 Å². The van der Waals surface area contributed by atoms with Crippen LogP contribution in [0, 0.1) is 0 Å². The molecule has 0 heterocycles. The van der Waals surface area contributed by atoms with Crippen molar-refractivity contribution in [1.82, 2.24) is 10.0 Å². The zero-order valence-electron chi connectivity index (χ0n) is 9.82. The van der Waals surface area contributed by atoms with Gasteiger partial charge in [-0.3, -0.25) is 4.79 Å². The molecule has 16 heavy (non-hydrogen) atoms. The Morgan fingerprint density at radius 3 is 2.44 bits per heavy atom. The van der Waals surface area contributed by atoms with Crippen LogP contribution in [0.2, 0.25) is 0 Å². The molecule has 6 nitrogen and oxygen atoms in total. The van der Waals surface area contributed by atoms with Gasteiger partial charge >= 0.3 is 0 Å². The van der Waals surface area contributed by atoms with Crippen molar-refractivity contribution in [2.24, 2.45) is 5.73 Å². The first-order chi connectivity index (χ1) is 7.47. The lowest BCUT2D eigenvalue weighted by Gasteiger charge is -2.14. The monoisotopic (exact) mass is 251 g/mol. The van der Waals surface area contributed by atoms with E-state index in [2.05, 4.69) is 10.0 Å². The number of nitrogens with two attached hydrogens (primary N) is 1. The Kier molecular flexibility index (Phi) is 7.27. The van der Waals surface area contributed by atoms with Gasteiger partial charge < -0.3 is 11.1 Å². The van der Waals surface area contributed by atoms with Crippen LogP contribution >= 0.6 is 0 Å². The SMILES string of the molecule is CCNC(=O)CCNS(=O)(=O)C(CC)CN. The van der Waals surface area contributed by atoms with E-state index in [9.17, 15) is 13.2 Å². The van der Waals surface area contributed by atoms with Crippen molar-refractivity contribution in [3.63, 3.8) is 0 Å². The van der Waals surface area contributed by atoms with Gasteiger partial charge in [-0.2, -0.15) is 0 Å². The third-order valence-electron chi connectivity index (χ3n) is 2.19. The van der Waals surface area contributed by atoms with Crippen molar-refractivity contribution in [2.45, 2.75) is 31.9 Å². The lowest BCUT2D eigenvalue weighted by atomic mass is 10.3. The number of nitrogens with one attached hydrogen (secondary N) is 2. The van der Waals surface area contributed by atoms with Crippen molar-refractivity contribution < 1.29 is 13.2 Å². The highest BCUT2D eigenvalue weighted by Crippen LogP contribution is 2.01. The molecule has 0 radical (unpaired) electrons. The zero-order chi connectivity index (χ0) is 12.6. The smallest absolute Gasteiger partial charge is 0.221 e. The highest BCUT2D eigenvalue weighted by atomic mass is 32.2. The third-order valence-corrected chi connectivity index (χ3v) is 4.20. The number of carbonyl (C=O) groups excluding carboxylic acids is 1. The first-order valence-electron chi connectivity index (χ1n) is 5.43.